The van der Waals surface area contributed by atoms with Crippen molar-refractivity contribution < 1.29 is 19.4 Å². The predicted molar refractivity (Wildman–Crippen MR) is 50.1 cm³/mol. The maximum atomic E-state index is 10.8. The van der Waals surface area contributed by atoms with E-state index in [0.29, 0.717) is 19.8 Å². The molecular weight excluding hydrogens is 188 g/mol. The fourth-order valence-corrected chi connectivity index (χ4v) is 0.702. The average Bonchev–Trinajstić information content (AvgIpc) is 2.14. The lowest BCUT2D eigenvalue weighted by Crippen LogP contribution is -2.39. The largest absolute Gasteiger partial charge is 0.480 e. The van der Waals surface area contributed by atoms with Gasteiger partial charge in [0.05, 0.1) is 6.61 Å². The van der Waals surface area contributed by atoms with E-state index in [1.165, 1.54) is 0 Å². The molecule has 0 aliphatic carbocycles. The van der Waals surface area contributed by atoms with E-state index in [1.54, 1.807) is 0 Å². The smallest absolute Gasteiger partial charge is 0.323 e. The van der Waals surface area contributed by atoms with Crippen molar-refractivity contribution in [3.8, 4) is 0 Å². The second kappa shape index (κ2) is 8.31. The summed E-state index contributed by atoms with van der Waals surface area (Å²) in [7, 11) is 0. The first-order valence-electron chi connectivity index (χ1n) is 4.48. The summed E-state index contributed by atoms with van der Waals surface area (Å²) in [5.74, 6) is -1.07. The summed E-state index contributed by atoms with van der Waals surface area (Å²) in [6.45, 7) is 3.10. The molecule has 3 N–H and O–H groups in total. The molecule has 14 heavy (non-hydrogen) atoms. The number of ether oxygens (including phenoxy) is 1. The molecule has 0 aliphatic rings. The topological polar surface area (TPSA) is 87.7 Å². The molecule has 0 atom stereocenters. The molecule has 6 nitrogen and oxygen atoms in total. The summed E-state index contributed by atoms with van der Waals surface area (Å²) < 4.78 is 5.10. The molecule has 6 heteroatoms. The Bertz CT molecular complexity index is 184. The van der Waals surface area contributed by atoms with Gasteiger partial charge in [0.1, 0.15) is 6.54 Å². The third kappa shape index (κ3) is 8.79. The Morgan fingerprint density at radius 3 is 2.57 bits per heavy atom. The Labute approximate surface area is 82.6 Å². The second-order valence-corrected chi connectivity index (χ2v) is 2.62. The third-order valence-corrected chi connectivity index (χ3v) is 1.28. The van der Waals surface area contributed by atoms with Crippen LogP contribution in [0.2, 0.25) is 0 Å². The molecule has 0 heterocycles. The fraction of sp³-hybridized carbons (Fsp3) is 0.750. The molecule has 0 aromatic heterocycles. The Kier molecular flexibility index (Phi) is 7.53. The number of nitrogens with one attached hydrogen (secondary N) is 2. The second-order valence-electron chi connectivity index (χ2n) is 2.62. The number of hydrogen-bond donors (Lipinski definition) is 3. The van der Waals surface area contributed by atoms with E-state index in [0.717, 1.165) is 6.42 Å². The number of amides is 2. The SMILES string of the molecule is CCCOCCNC(=O)NCC(=O)O. The highest BCUT2D eigenvalue weighted by molar-refractivity contribution is 5.79. The summed E-state index contributed by atoms with van der Waals surface area (Å²) in [5, 5.41) is 12.9. The first-order valence-corrected chi connectivity index (χ1v) is 4.48. The molecule has 0 aromatic carbocycles. The number of rotatable bonds is 7. The van der Waals surface area contributed by atoms with Gasteiger partial charge in [-0.3, -0.25) is 4.79 Å². The third-order valence-electron chi connectivity index (χ3n) is 1.28. The van der Waals surface area contributed by atoms with Crippen molar-refractivity contribution in [1.29, 1.82) is 0 Å². The lowest BCUT2D eigenvalue weighted by atomic mass is 10.5. The van der Waals surface area contributed by atoms with E-state index in [1.807, 2.05) is 6.92 Å². The minimum Gasteiger partial charge on any atom is -0.480 e. The van der Waals surface area contributed by atoms with Crippen LogP contribution >= 0.6 is 0 Å². The zero-order valence-corrected chi connectivity index (χ0v) is 8.21. The van der Waals surface area contributed by atoms with E-state index < -0.39 is 12.0 Å². The molecule has 0 bridgehead atoms. The first kappa shape index (κ1) is 12.7. The van der Waals surface area contributed by atoms with Gasteiger partial charge in [0.15, 0.2) is 0 Å². The number of urea groups is 1. The molecule has 0 aromatic rings. The summed E-state index contributed by atoms with van der Waals surface area (Å²) in [4.78, 5) is 20.9. The van der Waals surface area contributed by atoms with Gasteiger partial charge in [0, 0.05) is 13.2 Å². The Hall–Kier alpha value is -1.30. The van der Waals surface area contributed by atoms with E-state index in [4.69, 9.17) is 9.84 Å². The number of carbonyl (C=O) groups excluding carboxylic acids is 1. The van der Waals surface area contributed by atoms with Crippen LogP contribution in [0.5, 0.6) is 0 Å². The van der Waals surface area contributed by atoms with Gasteiger partial charge in [-0.2, -0.15) is 0 Å². The van der Waals surface area contributed by atoms with Crippen molar-refractivity contribution in [2.75, 3.05) is 26.3 Å². The lowest BCUT2D eigenvalue weighted by Gasteiger charge is -2.05. The summed E-state index contributed by atoms with van der Waals surface area (Å²) in [5.41, 5.74) is 0. The van der Waals surface area contributed by atoms with Gasteiger partial charge in [0.2, 0.25) is 0 Å². The molecule has 0 fully saturated rings. The minimum absolute atomic E-state index is 0.373. The van der Waals surface area contributed by atoms with Crippen molar-refractivity contribution in [3.63, 3.8) is 0 Å². The van der Waals surface area contributed by atoms with Crippen LogP contribution in [0.3, 0.4) is 0 Å². The number of hydrogen-bond acceptors (Lipinski definition) is 3. The standard InChI is InChI=1S/C8H16N2O4/c1-2-4-14-5-3-9-8(13)10-6-7(11)12/h2-6H2,1H3,(H,11,12)(H2,9,10,13). The van der Waals surface area contributed by atoms with Gasteiger partial charge in [0.25, 0.3) is 0 Å². The van der Waals surface area contributed by atoms with Crippen molar-refractivity contribution >= 4 is 12.0 Å². The summed E-state index contributed by atoms with van der Waals surface area (Å²) in [6, 6.07) is -0.493. The number of carboxylic acids is 1. The van der Waals surface area contributed by atoms with Gasteiger partial charge in [-0.15, -0.1) is 0 Å². The molecule has 0 aliphatic heterocycles. The quantitative estimate of drug-likeness (QED) is 0.501. The molecule has 0 unspecified atom stereocenters. The normalized spacial score (nSPS) is 9.50. The van der Waals surface area contributed by atoms with Gasteiger partial charge in [-0.1, -0.05) is 6.92 Å². The molecule has 2 amide bonds. The van der Waals surface area contributed by atoms with Crippen LogP contribution in [0.25, 0.3) is 0 Å². The zero-order chi connectivity index (χ0) is 10.8. The summed E-state index contributed by atoms with van der Waals surface area (Å²) >= 11 is 0. The highest BCUT2D eigenvalue weighted by Crippen LogP contribution is 1.78. The zero-order valence-electron chi connectivity index (χ0n) is 8.21. The van der Waals surface area contributed by atoms with Crippen molar-refractivity contribution in [2.24, 2.45) is 0 Å². The molecule has 0 spiro atoms. The maximum Gasteiger partial charge on any atom is 0.323 e. The molecule has 0 radical (unpaired) electrons. The van der Waals surface area contributed by atoms with Crippen molar-refractivity contribution in [2.45, 2.75) is 13.3 Å². The molecule has 82 valence electrons. The lowest BCUT2D eigenvalue weighted by molar-refractivity contribution is -0.135. The maximum absolute atomic E-state index is 10.8. The van der Waals surface area contributed by atoms with Crippen LogP contribution in [-0.2, 0) is 9.53 Å². The summed E-state index contributed by atoms with van der Waals surface area (Å²) in [6.07, 6.45) is 0.936. The monoisotopic (exact) mass is 204 g/mol. The highest BCUT2D eigenvalue weighted by Gasteiger charge is 2.01. The van der Waals surface area contributed by atoms with E-state index in [2.05, 4.69) is 10.6 Å². The first-order chi connectivity index (χ1) is 6.66. The molecule has 0 rings (SSSR count). The van der Waals surface area contributed by atoms with E-state index in [-0.39, 0.29) is 6.54 Å². The number of carbonyl (C=O) groups is 2. The fourth-order valence-electron chi connectivity index (χ4n) is 0.702. The van der Waals surface area contributed by atoms with Gasteiger partial charge < -0.3 is 20.5 Å². The van der Waals surface area contributed by atoms with Crippen LogP contribution in [0.15, 0.2) is 0 Å². The van der Waals surface area contributed by atoms with Gasteiger partial charge in [-0.05, 0) is 6.42 Å². The Morgan fingerprint density at radius 2 is 2.00 bits per heavy atom. The average molecular weight is 204 g/mol. The van der Waals surface area contributed by atoms with Gasteiger partial charge >= 0.3 is 12.0 Å². The minimum atomic E-state index is -1.07. The van der Waals surface area contributed by atoms with Gasteiger partial charge in [-0.25, -0.2) is 4.79 Å². The highest BCUT2D eigenvalue weighted by atomic mass is 16.5. The van der Waals surface area contributed by atoms with Crippen LogP contribution in [-0.4, -0.2) is 43.4 Å². The van der Waals surface area contributed by atoms with Crippen LogP contribution in [0, 0.1) is 0 Å². The number of aliphatic carboxylic acids is 1. The molecule has 0 saturated carbocycles. The Balaban J connectivity index is 3.22. The van der Waals surface area contributed by atoms with Crippen molar-refractivity contribution in [3.05, 3.63) is 0 Å². The van der Waals surface area contributed by atoms with Crippen LogP contribution < -0.4 is 10.6 Å². The predicted octanol–water partition coefficient (Wildman–Crippen LogP) is -0.203. The van der Waals surface area contributed by atoms with Crippen LogP contribution in [0.1, 0.15) is 13.3 Å². The number of carboxylic acid groups (broad SMARTS) is 1. The van der Waals surface area contributed by atoms with E-state index >= 15 is 0 Å². The van der Waals surface area contributed by atoms with Crippen molar-refractivity contribution in [1.82, 2.24) is 10.6 Å². The van der Waals surface area contributed by atoms with E-state index in [9.17, 15) is 9.59 Å². The Morgan fingerprint density at radius 1 is 1.29 bits per heavy atom. The molecular formula is C8H16N2O4. The molecule has 0 saturated heterocycles. The van der Waals surface area contributed by atoms with Crippen LogP contribution in [0.4, 0.5) is 4.79 Å².